The van der Waals surface area contributed by atoms with Gasteiger partial charge in [-0.1, -0.05) is 34.6 Å². The molecule has 4 aliphatic rings. The highest BCUT2D eigenvalue weighted by Crippen LogP contribution is 2.57. The van der Waals surface area contributed by atoms with Crippen molar-refractivity contribution in [2.75, 3.05) is 19.0 Å². The van der Waals surface area contributed by atoms with Crippen LogP contribution < -0.4 is 24.8 Å². The number of aromatic nitrogens is 2. The van der Waals surface area contributed by atoms with Crippen molar-refractivity contribution in [3.05, 3.63) is 64.9 Å². The maximum absolute atomic E-state index is 14.9. The molecule has 3 aliphatic carbocycles. The third-order valence-electron chi connectivity index (χ3n) is 12.3. The average molecular weight is 861 g/mol. The number of carbonyl (C=O) groups excluding carboxylic acids is 3. The number of anilines is 1. The number of fused-ring (bicyclic) bond motifs is 1. The SMILES string of the molecule is COc1ccc2c(O[C@@H]3C[C@@H](C(=O)N[C@]4(C(=O)NS(=O)(=O)C5CC5)C[C@H]4C4CC4)N(C(=O)[C@@H](Nc4ccc(F)cc4)C(C)(C)C)C3)cc(-c3nc(C(C)C)cs3)nc2c1C. The Labute approximate surface area is 354 Å². The van der Waals surface area contributed by atoms with Gasteiger partial charge in [-0.05, 0) is 98.6 Å². The molecule has 0 radical (unpaired) electrons. The van der Waals surface area contributed by atoms with Gasteiger partial charge in [0.2, 0.25) is 21.8 Å². The average Bonchev–Trinajstić information content (AvgIpc) is 4.14. The highest BCUT2D eigenvalue weighted by molar-refractivity contribution is 7.91. The van der Waals surface area contributed by atoms with E-state index in [4.69, 9.17) is 19.4 Å². The summed E-state index contributed by atoms with van der Waals surface area (Å²) in [4.78, 5) is 54.9. The molecule has 3 heterocycles. The molecule has 0 bridgehead atoms. The van der Waals surface area contributed by atoms with Crippen LogP contribution in [0.5, 0.6) is 11.5 Å². The number of methoxy groups -OCH3 is 1. The van der Waals surface area contributed by atoms with Crippen molar-refractivity contribution in [1.29, 1.82) is 0 Å². The lowest BCUT2D eigenvalue weighted by Gasteiger charge is -2.36. The molecule has 0 unspecified atom stereocenters. The lowest BCUT2D eigenvalue weighted by molar-refractivity contribution is -0.141. The van der Waals surface area contributed by atoms with Gasteiger partial charge in [0.15, 0.2) is 0 Å². The van der Waals surface area contributed by atoms with Crippen LogP contribution in [-0.4, -0.2) is 83.6 Å². The lowest BCUT2D eigenvalue weighted by Crippen LogP contribution is -2.58. The van der Waals surface area contributed by atoms with Gasteiger partial charge in [0.05, 0.1) is 30.1 Å². The van der Waals surface area contributed by atoms with Crippen LogP contribution in [0, 0.1) is 30.0 Å². The van der Waals surface area contributed by atoms with Crippen molar-refractivity contribution in [2.24, 2.45) is 17.3 Å². The lowest BCUT2D eigenvalue weighted by atomic mass is 9.85. The summed E-state index contributed by atoms with van der Waals surface area (Å²) < 4.78 is 54.6. The van der Waals surface area contributed by atoms with E-state index in [1.54, 1.807) is 19.2 Å². The summed E-state index contributed by atoms with van der Waals surface area (Å²) >= 11 is 1.49. The number of carbonyl (C=O) groups is 3. The van der Waals surface area contributed by atoms with Gasteiger partial charge in [0, 0.05) is 34.5 Å². The topological polar surface area (TPSA) is 169 Å². The second-order valence-electron chi connectivity index (χ2n) is 18.2. The number of amides is 3. The number of ether oxygens (including phenoxy) is 2. The number of nitrogens with zero attached hydrogens (tertiary/aromatic N) is 3. The number of thiazole rings is 1. The Morgan fingerprint density at radius 2 is 1.73 bits per heavy atom. The summed E-state index contributed by atoms with van der Waals surface area (Å²) in [6, 6.07) is 9.36. The summed E-state index contributed by atoms with van der Waals surface area (Å²) in [6.07, 6.45) is 2.47. The molecular formula is C44H53FN6O7S2. The molecule has 13 nitrogen and oxygen atoms in total. The van der Waals surface area contributed by atoms with E-state index in [-0.39, 0.29) is 36.6 Å². The Morgan fingerprint density at radius 3 is 2.35 bits per heavy atom. The van der Waals surface area contributed by atoms with Gasteiger partial charge in [0.25, 0.3) is 5.91 Å². The van der Waals surface area contributed by atoms with Crippen molar-refractivity contribution < 1.29 is 36.7 Å². The van der Waals surface area contributed by atoms with Crippen LogP contribution in [0.1, 0.15) is 90.3 Å². The molecule has 2 aromatic heterocycles. The number of likely N-dealkylation sites (tertiary alicyclic amines) is 1. The number of rotatable bonds is 14. The van der Waals surface area contributed by atoms with E-state index >= 15 is 0 Å². The summed E-state index contributed by atoms with van der Waals surface area (Å²) in [5, 5.41) is 9.12. The van der Waals surface area contributed by atoms with Crippen LogP contribution >= 0.6 is 11.3 Å². The highest BCUT2D eigenvalue weighted by Gasteiger charge is 2.67. The number of benzene rings is 2. The van der Waals surface area contributed by atoms with E-state index in [0.717, 1.165) is 29.1 Å². The number of aryl methyl sites for hydroxylation is 1. The Hall–Kier alpha value is -4.83. The monoisotopic (exact) mass is 860 g/mol. The largest absolute Gasteiger partial charge is 0.496 e. The Balaban J connectivity index is 1.14. The Morgan fingerprint density at radius 1 is 1.02 bits per heavy atom. The van der Waals surface area contributed by atoms with Crippen LogP contribution in [0.25, 0.3) is 21.6 Å². The molecule has 60 heavy (non-hydrogen) atoms. The minimum atomic E-state index is -3.88. The van der Waals surface area contributed by atoms with Gasteiger partial charge in [-0.2, -0.15) is 0 Å². The first kappa shape index (κ1) is 41.9. The summed E-state index contributed by atoms with van der Waals surface area (Å²) in [6.45, 7) is 11.8. The minimum absolute atomic E-state index is 0.0267. The standard InChI is InChI=1S/C44H53FN6O7S2/c1-23(2)33-22-59-40(48-33)32-19-36(30-16-17-35(57-7)24(3)37(30)47-32)58-28-18-34(51(21-28)41(53)38(43(4,5)6)46-27-12-10-26(45)11-13-27)39(52)49-44(20-31(44)25-8-9-25)42(54)50-60(55,56)29-14-15-29/h10-13,16-17,19,22-23,25,28-29,31,34,38,46H,8-9,14-15,18,20-21H2,1-7H3,(H,49,52)(H,50,54)/t28-,31+,34+,38-,44-/m1/s1. The molecule has 4 aromatic rings. The molecular weight excluding hydrogens is 808 g/mol. The zero-order valence-electron chi connectivity index (χ0n) is 35.0. The van der Waals surface area contributed by atoms with Crippen molar-refractivity contribution >= 4 is 55.7 Å². The molecule has 320 valence electrons. The maximum atomic E-state index is 14.9. The predicted molar refractivity (Wildman–Crippen MR) is 228 cm³/mol. The number of hydrogen-bond acceptors (Lipinski definition) is 11. The van der Waals surface area contributed by atoms with Gasteiger partial charge in [-0.25, -0.2) is 22.8 Å². The number of pyridine rings is 1. The molecule has 2 aromatic carbocycles. The highest BCUT2D eigenvalue weighted by atomic mass is 32.2. The summed E-state index contributed by atoms with van der Waals surface area (Å²) in [5.41, 5.74) is 1.47. The molecule has 0 spiro atoms. The zero-order valence-corrected chi connectivity index (χ0v) is 36.6. The first-order valence-corrected chi connectivity index (χ1v) is 23.1. The number of halogens is 1. The van der Waals surface area contributed by atoms with Gasteiger partial charge in [-0.15, -0.1) is 11.3 Å². The molecule has 4 fully saturated rings. The van der Waals surface area contributed by atoms with Crippen molar-refractivity contribution in [1.82, 2.24) is 24.9 Å². The van der Waals surface area contributed by atoms with E-state index < -0.39 is 62.0 Å². The van der Waals surface area contributed by atoms with Gasteiger partial charge < -0.3 is 25.0 Å². The van der Waals surface area contributed by atoms with Crippen LogP contribution in [-0.2, 0) is 24.4 Å². The van der Waals surface area contributed by atoms with Crippen LogP contribution in [0.15, 0.2) is 47.8 Å². The third-order valence-corrected chi connectivity index (χ3v) is 15.0. The van der Waals surface area contributed by atoms with Crippen LogP contribution in [0.3, 0.4) is 0 Å². The van der Waals surface area contributed by atoms with Crippen molar-refractivity contribution in [2.45, 2.75) is 115 Å². The first-order chi connectivity index (χ1) is 28.4. The van der Waals surface area contributed by atoms with Gasteiger partial charge in [0.1, 0.15) is 51.7 Å². The molecule has 3 amide bonds. The van der Waals surface area contributed by atoms with Crippen LogP contribution in [0.4, 0.5) is 10.1 Å². The minimum Gasteiger partial charge on any atom is -0.496 e. The number of hydrogen-bond donors (Lipinski definition) is 3. The molecule has 3 N–H and O–H groups in total. The zero-order chi connectivity index (χ0) is 42.9. The molecule has 3 saturated carbocycles. The van der Waals surface area contributed by atoms with E-state index in [1.165, 1.54) is 28.4 Å². The molecule has 5 atom stereocenters. The smallest absolute Gasteiger partial charge is 0.259 e. The van der Waals surface area contributed by atoms with Gasteiger partial charge >= 0.3 is 0 Å². The van der Waals surface area contributed by atoms with Crippen LogP contribution in [0.2, 0.25) is 0 Å². The maximum Gasteiger partial charge on any atom is 0.259 e. The second-order valence-corrected chi connectivity index (χ2v) is 21.1. The number of sulfonamides is 1. The normalized spacial score (nSPS) is 23.4. The fraction of sp³-hybridized carbons (Fsp3) is 0.523. The molecule has 1 saturated heterocycles. The Bertz CT molecular complexity index is 2440. The van der Waals surface area contributed by atoms with Gasteiger partial charge in [-0.3, -0.25) is 19.1 Å². The fourth-order valence-electron chi connectivity index (χ4n) is 8.36. The molecule has 8 rings (SSSR count). The quantitative estimate of drug-likeness (QED) is 0.124. The van der Waals surface area contributed by atoms with E-state index in [0.29, 0.717) is 53.0 Å². The second kappa shape index (κ2) is 15.6. The van der Waals surface area contributed by atoms with E-state index in [1.807, 2.05) is 51.3 Å². The Kier molecular flexibility index (Phi) is 10.9. The number of nitrogens with one attached hydrogen (secondary N) is 3. The summed E-state index contributed by atoms with van der Waals surface area (Å²) in [5.74, 6) is -0.721. The summed E-state index contributed by atoms with van der Waals surface area (Å²) in [7, 11) is -2.28. The third kappa shape index (κ3) is 8.28. The fourth-order valence-corrected chi connectivity index (χ4v) is 10.7. The first-order valence-electron chi connectivity index (χ1n) is 20.7. The predicted octanol–water partition coefficient (Wildman–Crippen LogP) is 6.71. The molecule has 1 aliphatic heterocycles. The molecule has 16 heteroatoms. The van der Waals surface area contributed by atoms with Crippen molar-refractivity contribution in [3.63, 3.8) is 0 Å². The van der Waals surface area contributed by atoms with Crippen molar-refractivity contribution in [3.8, 4) is 22.2 Å². The van der Waals surface area contributed by atoms with E-state index in [9.17, 15) is 27.2 Å². The van der Waals surface area contributed by atoms with E-state index in [2.05, 4.69) is 29.2 Å².